The van der Waals surface area contributed by atoms with Crippen LogP contribution in [0.15, 0.2) is 0 Å². The van der Waals surface area contributed by atoms with E-state index in [0.717, 1.165) is 9.80 Å². The van der Waals surface area contributed by atoms with Crippen LogP contribution in [0.5, 0.6) is 0 Å². The topological polar surface area (TPSA) is 151 Å². The number of nitrogens with two attached hydrogens (primary N) is 2. The summed E-state index contributed by atoms with van der Waals surface area (Å²) >= 11 is 0. The van der Waals surface area contributed by atoms with Gasteiger partial charge in [-0.3, -0.25) is 25.2 Å². The lowest BCUT2D eigenvalue weighted by atomic mass is 10.0. The minimum absolute atomic E-state index is 0.248. The highest BCUT2D eigenvalue weighted by Gasteiger charge is 2.52. The van der Waals surface area contributed by atoms with Crippen LogP contribution in [0.4, 0.5) is 4.79 Å². The minimum Gasteiger partial charge on any atom is -0.300 e. The van der Waals surface area contributed by atoms with E-state index in [0.29, 0.717) is 0 Å². The Kier molecular flexibility index (Phi) is 5.44. The number of amides is 5. The van der Waals surface area contributed by atoms with E-state index in [-0.39, 0.29) is 5.92 Å². The van der Waals surface area contributed by atoms with E-state index in [1.54, 1.807) is 13.8 Å². The molecule has 1 heterocycles. The molecule has 0 aromatic carbocycles. The second-order valence-corrected chi connectivity index (χ2v) is 5.46. The molecule has 5 amide bonds. The van der Waals surface area contributed by atoms with E-state index in [9.17, 15) is 19.2 Å². The molecular formula is C12H22N6O4. The second-order valence-electron chi connectivity index (χ2n) is 5.46. The Labute approximate surface area is 128 Å². The summed E-state index contributed by atoms with van der Waals surface area (Å²) in [6.07, 6.45) is 0. The number of nitrogens with one attached hydrogen (secondary N) is 2. The molecular weight excluding hydrogens is 292 g/mol. The van der Waals surface area contributed by atoms with Crippen LogP contribution in [0.2, 0.25) is 0 Å². The van der Waals surface area contributed by atoms with Gasteiger partial charge in [-0.2, -0.15) is 0 Å². The Hall–Kier alpha value is -2.20. The molecule has 10 heteroatoms. The third-order valence-corrected chi connectivity index (χ3v) is 3.70. The average molecular weight is 314 g/mol. The van der Waals surface area contributed by atoms with Crippen molar-refractivity contribution in [1.29, 1.82) is 0 Å². The number of urea groups is 1. The van der Waals surface area contributed by atoms with Gasteiger partial charge >= 0.3 is 6.03 Å². The van der Waals surface area contributed by atoms with Gasteiger partial charge < -0.3 is 4.90 Å². The summed E-state index contributed by atoms with van der Waals surface area (Å²) in [6, 6.07) is -3.61. The van der Waals surface area contributed by atoms with Crippen LogP contribution in [0, 0.1) is 5.92 Å². The molecule has 1 saturated heterocycles. The van der Waals surface area contributed by atoms with Crippen LogP contribution in [0.1, 0.15) is 27.7 Å². The zero-order valence-corrected chi connectivity index (χ0v) is 13.0. The van der Waals surface area contributed by atoms with E-state index < -0.39 is 41.9 Å². The first-order valence-electron chi connectivity index (χ1n) is 6.85. The number of hydrogen-bond acceptors (Lipinski definition) is 6. The molecule has 22 heavy (non-hydrogen) atoms. The molecule has 3 unspecified atom stereocenters. The third-order valence-electron chi connectivity index (χ3n) is 3.70. The first-order valence-corrected chi connectivity index (χ1v) is 6.85. The van der Waals surface area contributed by atoms with E-state index in [1.165, 1.54) is 13.8 Å². The van der Waals surface area contributed by atoms with E-state index in [4.69, 9.17) is 11.7 Å². The molecule has 0 radical (unpaired) electrons. The standard InChI is InChI=1S/C12H22N6O4/c1-5(2)8-11(21)18(7(4)10(20)16-14)12(22)17(8)6(3)9(19)15-13/h5-8H,13-14H2,1-4H3,(H,15,19)(H,16,20). The van der Waals surface area contributed by atoms with E-state index in [1.807, 2.05) is 10.9 Å². The van der Waals surface area contributed by atoms with Crippen molar-refractivity contribution in [3.05, 3.63) is 0 Å². The van der Waals surface area contributed by atoms with Gasteiger partial charge in [-0.1, -0.05) is 13.8 Å². The van der Waals surface area contributed by atoms with Crippen molar-refractivity contribution >= 4 is 23.8 Å². The van der Waals surface area contributed by atoms with Crippen LogP contribution in [-0.2, 0) is 14.4 Å². The molecule has 1 aliphatic rings. The monoisotopic (exact) mass is 314 g/mol. The van der Waals surface area contributed by atoms with Gasteiger partial charge in [0.2, 0.25) is 0 Å². The predicted molar refractivity (Wildman–Crippen MR) is 76.3 cm³/mol. The zero-order chi connectivity index (χ0) is 17.2. The molecule has 10 nitrogen and oxygen atoms in total. The van der Waals surface area contributed by atoms with Crippen molar-refractivity contribution in [2.24, 2.45) is 17.6 Å². The summed E-state index contributed by atoms with van der Waals surface area (Å²) < 4.78 is 0. The van der Waals surface area contributed by atoms with Gasteiger partial charge in [-0.25, -0.2) is 21.4 Å². The first kappa shape index (κ1) is 17.9. The number of imide groups is 1. The number of carbonyl (C=O) groups excluding carboxylic acids is 4. The molecule has 0 bridgehead atoms. The molecule has 124 valence electrons. The summed E-state index contributed by atoms with van der Waals surface area (Å²) in [4.78, 5) is 50.4. The number of hydrazine groups is 2. The van der Waals surface area contributed by atoms with Crippen molar-refractivity contribution in [3.8, 4) is 0 Å². The van der Waals surface area contributed by atoms with Crippen LogP contribution in [0.25, 0.3) is 0 Å². The number of carbonyl (C=O) groups is 4. The van der Waals surface area contributed by atoms with Crippen molar-refractivity contribution in [1.82, 2.24) is 20.7 Å². The summed E-state index contributed by atoms with van der Waals surface area (Å²) in [7, 11) is 0. The summed E-state index contributed by atoms with van der Waals surface area (Å²) in [6.45, 7) is 6.33. The Morgan fingerprint density at radius 1 is 1.00 bits per heavy atom. The summed E-state index contributed by atoms with van der Waals surface area (Å²) in [5, 5.41) is 0. The normalized spacial score (nSPS) is 21.1. The highest BCUT2D eigenvalue weighted by atomic mass is 16.2. The molecule has 3 atom stereocenters. The quantitative estimate of drug-likeness (QED) is 0.200. The highest BCUT2D eigenvalue weighted by molar-refractivity contribution is 6.08. The lowest BCUT2D eigenvalue weighted by molar-refractivity contribution is -0.136. The molecule has 1 fully saturated rings. The predicted octanol–water partition coefficient (Wildman–Crippen LogP) is -1.97. The maximum Gasteiger partial charge on any atom is 0.328 e. The van der Waals surface area contributed by atoms with Crippen LogP contribution < -0.4 is 22.5 Å². The number of rotatable bonds is 5. The van der Waals surface area contributed by atoms with Crippen molar-refractivity contribution < 1.29 is 19.2 Å². The van der Waals surface area contributed by atoms with Crippen LogP contribution >= 0.6 is 0 Å². The fourth-order valence-electron chi connectivity index (χ4n) is 2.45. The second kappa shape index (κ2) is 6.71. The Morgan fingerprint density at radius 3 is 1.86 bits per heavy atom. The van der Waals surface area contributed by atoms with E-state index in [2.05, 4.69) is 0 Å². The molecule has 0 aromatic heterocycles. The molecule has 0 aliphatic carbocycles. The van der Waals surface area contributed by atoms with Crippen molar-refractivity contribution in [2.75, 3.05) is 0 Å². The highest BCUT2D eigenvalue weighted by Crippen LogP contribution is 2.27. The molecule has 1 aliphatic heterocycles. The average Bonchev–Trinajstić information content (AvgIpc) is 2.74. The fourth-order valence-corrected chi connectivity index (χ4v) is 2.45. The summed E-state index contributed by atoms with van der Waals surface area (Å²) in [5.74, 6) is 8.06. The lowest BCUT2D eigenvalue weighted by Gasteiger charge is -2.29. The minimum atomic E-state index is -1.08. The molecule has 1 rings (SSSR count). The van der Waals surface area contributed by atoms with Crippen molar-refractivity contribution in [3.63, 3.8) is 0 Å². The molecule has 0 spiro atoms. The number of hydrogen-bond donors (Lipinski definition) is 4. The largest absolute Gasteiger partial charge is 0.328 e. The van der Waals surface area contributed by atoms with Gasteiger partial charge in [-0.15, -0.1) is 0 Å². The van der Waals surface area contributed by atoms with Gasteiger partial charge in [0.25, 0.3) is 17.7 Å². The molecule has 0 aromatic rings. The van der Waals surface area contributed by atoms with Gasteiger partial charge in [0.05, 0.1) is 0 Å². The van der Waals surface area contributed by atoms with Crippen LogP contribution in [-0.4, -0.2) is 51.7 Å². The Balaban J connectivity index is 3.22. The van der Waals surface area contributed by atoms with Gasteiger partial charge in [0.1, 0.15) is 18.1 Å². The van der Waals surface area contributed by atoms with Crippen LogP contribution in [0.3, 0.4) is 0 Å². The molecule has 6 N–H and O–H groups in total. The Bertz CT molecular complexity index is 494. The third kappa shape index (κ3) is 2.88. The van der Waals surface area contributed by atoms with Crippen molar-refractivity contribution in [2.45, 2.75) is 45.8 Å². The van der Waals surface area contributed by atoms with Gasteiger partial charge in [0, 0.05) is 0 Å². The first-order chi connectivity index (χ1) is 10.2. The maximum absolute atomic E-state index is 12.5. The Morgan fingerprint density at radius 2 is 1.45 bits per heavy atom. The maximum atomic E-state index is 12.5. The van der Waals surface area contributed by atoms with E-state index >= 15 is 0 Å². The van der Waals surface area contributed by atoms with Gasteiger partial charge in [-0.05, 0) is 19.8 Å². The zero-order valence-electron chi connectivity index (χ0n) is 13.0. The SMILES string of the molecule is CC(C)C1C(=O)N(C(C)C(=O)NN)C(=O)N1C(C)C(=O)NN. The summed E-state index contributed by atoms with van der Waals surface area (Å²) in [5.41, 5.74) is 3.85. The lowest BCUT2D eigenvalue weighted by Crippen LogP contribution is -2.53. The smallest absolute Gasteiger partial charge is 0.300 e. The fraction of sp³-hybridized carbons (Fsp3) is 0.667. The van der Waals surface area contributed by atoms with Gasteiger partial charge in [0.15, 0.2) is 0 Å². The molecule has 0 saturated carbocycles. The number of nitrogens with zero attached hydrogens (tertiary/aromatic N) is 2.